The number of nitrogens with one attached hydrogen (secondary N) is 1. The lowest BCUT2D eigenvalue weighted by atomic mass is 9.90. The van der Waals surface area contributed by atoms with E-state index in [0.29, 0.717) is 11.7 Å². The average Bonchev–Trinajstić information content (AvgIpc) is 3.23. The quantitative estimate of drug-likeness (QED) is 0.673. The van der Waals surface area contributed by atoms with Crippen molar-refractivity contribution in [3.63, 3.8) is 0 Å². The molecule has 2 aliphatic rings. The van der Waals surface area contributed by atoms with Crippen LogP contribution in [0.2, 0.25) is 0 Å². The van der Waals surface area contributed by atoms with Gasteiger partial charge in [-0.15, -0.1) is 0 Å². The topological polar surface area (TPSA) is 50.7 Å². The Bertz CT molecular complexity index is 771. The van der Waals surface area contributed by atoms with E-state index in [-0.39, 0.29) is 12.5 Å². The highest BCUT2D eigenvalue weighted by Gasteiger charge is 2.38. The minimum atomic E-state index is -0.220. The van der Waals surface area contributed by atoms with E-state index in [2.05, 4.69) is 16.6 Å². The fraction of sp³-hybridized carbons (Fsp3) is 0.400. The van der Waals surface area contributed by atoms with E-state index in [9.17, 15) is 4.79 Å². The lowest BCUT2D eigenvalue weighted by Gasteiger charge is -2.16. The van der Waals surface area contributed by atoms with E-state index < -0.39 is 0 Å². The van der Waals surface area contributed by atoms with Crippen LogP contribution >= 0.6 is 0 Å². The molecule has 24 heavy (non-hydrogen) atoms. The van der Waals surface area contributed by atoms with Gasteiger partial charge in [-0.2, -0.15) is 5.10 Å². The molecule has 4 heteroatoms. The number of ether oxygens (including phenoxy) is 1. The molecular formula is C20H22N2O2. The highest BCUT2D eigenvalue weighted by Crippen LogP contribution is 2.47. The van der Waals surface area contributed by atoms with Gasteiger partial charge >= 0.3 is 0 Å². The van der Waals surface area contributed by atoms with Gasteiger partial charge in [-0.05, 0) is 59.9 Å². The maximum Gasteiger partial charge on any atom is 0.277 e. The molecule has 0 aromatic heterocycles. The molecule has 2 aliphatic carbocycles. The number of carbonyl (C=O) groups excluding carboxylic acids is 1. The minimum Gasteiger partial charge on any atom is -0.484 e. The van der Waals surface area contributed by atoms with Crippen molar-refractivity contribution in [2.45, 2.75) is 25.7 Å². The van der Waals surface area contributed by atoms with Crippen LogP contribution in [0.25, 0.3) is 10.8 Å². The zero-order chi connectivity index (χ0) is 16.4. The third-order valence-corrected chi connectivity index (χ3v) is 5.34. The maximum atomic E-state index is 11.9. The van der Waals surface area contributed by atoms with E-state index in [1.54, 1.807) is 0 Å². The minimum absolute atomic E-state index is 0.0214. The largest absolute Gasteiger partial charge is 0.484 e. The Morgan fingerprint density at radius 1 is 1.17 bits per heavy atom. The van der Waals surface area contributed by atoms with Crippen LogP contribution in [0.4, 0.5) is 0 Å². The predicted molar refractivity (Wildman–Crippen MR) is 95.0 cm³/mol. The molecule has 2 fully saturated rings. The van der Waals surface area contributed by atoms with Crippen LogP contribution in [-0.2, 0) is 4.79 Å². The van der Waals surface area contributed by atoms with Gasteiger partial charge in [-0.1, -0.05) is 36.8 Å². The zero-order valence-electron chi connectivity index (χ0n) is 13.7. The van der Waals surface area contributed by atoms with Crippen LogP contribution in [0, 0.1) is 17.8 Å². The van der Waals surface area contributed by atoms with Gasteiger partial charge in [0, 0.05) is 6.21 Å². The molecule has 1 N–H and O–H groups in total. The highest BCUT2D eigenvalue weighted by atomic mass is 16.5. The van der Waals surface area contributed by atoms with E-state index in [1.807, 2.05) is 42.6 Å². The van der Waals surface area contributed by atoms with E-state index in [0.717, 1.165) is 22.6 Å². The molecule has 2 aromatic carbocycles. The normalized spacial score (nSPS) is 25.4. The maximum absolute atomic E-state index is 11.9. The SMILES string of the molecule is O=C(COc1ccc2ccccc2c1)NN=CC1CC2CCC1C2. The molecular weight excluding hydrogens is 300 g/mol. The molecule has 2 bridgehead atoms. The molecule has 0 heterocycles. The number of fused-ring (bicyclic) bond motifs is 3. The van der Waals surface area contributed by atoms with Crippen LogP contribution in [-0.4, -0.2) is 18.7 Å². The fourth-order valence-corrected chi connectivity index (χ4v) is 4.12. The summed E-state index contributed by atoms with van der Waals surface area (Å²) in [5, 5.41) is 6.39. The van der Waals surface area contributed by atoms with Gasteiger partial charge in [0.25, 0.3) is 5.91 Å². The summed E-state index contributed by atoms with van der Waals surface area (Å²) < 4.78 is 5.56. The van der Waals surface area contributed by atoms with Crippen molar-refractivity contribution in [2.75, 3.05) is 6.61 Å². The van der Waals surface area contributed by atoms with Gasteiger partial charge in [0.1, 0.15) is 5.75 Å². The van der Waals surface area contributed by atoms with E-state index in [4.69, 9.17) is 4.74 Å². The van der Waals surface area contributed by atoms with Crippen LogP contribution in [0.1, 0.15) is 25.7 Å². The Hall–Kier alpha value is -2.36. The molecule has 3 unspecified atom stereocenters. The molecule has 2 saturated carbocycles. The van der Waals surface area contributed by atoms with Crippen LogP contribution in [0.3, 0.4) is 0 Å². The molecule has 4 nitrogen and oxygen atoms in total. The van der Waals surface area contributed by atoms with E-state index in [1.165, 1.54) is 25.7 Å². The summed E-state index contributed by atoms with van der Waals surface area (Å²) in [6.45, 7) is -0.0214. The number of amides is 1. The van der Waals surface area contributed by atoms with Crippen LogP contribution in [0.5, 0.6) is 5.75 Å². The van der Waals surface area contributed by atoms with Crippen molar-refractivity contribution >= 4 is 22.9 Å². The van der Waals surface area contributed by atoms with Crippen molar-refractivity contribution in [1.82, 2.24) is 5.43 Å². The Morgan fingerprint density at radius 3 is 2.83 bits per heavy atom. The summed E-state index contributed by atoms with van der Waals surface area (Å²) in [7, 11) is 0. The van der Waals surface area contributed by atoms with Crippen molar-refractivity contribution in [3.8, 4) is 5.75 Å². The number of benzene rings is 2. The first-order chi connectivity index (χ1) is 11.8. The number of hydrogen-bond acceptors (Lipinski definition) is 3. The molecule has 2 aromatic rings. The monoisotopic (exact) mass is 322 g/mol. The predicted octanol–water partition coefficient (Wildman–Crippen LogP) is 3.76. The third-order valence-electron chi connectivity index (χ3n) is 5.34. The summed E-state index contributed by atoms with van der Waals surface area (Å²) >= 11 is 0. The summed E-state index contributed by atoms with van der Waals surface area (Å²) in [6, 6.07) is 13.9. The number of hydrogen-bond donors (Lipinski definition) is 1. The number of nitrogens with zero attached hydrogens (tertiary/aromatic N) is 1. The lowest BCUT2D eigenvalue weighted by Crippen LogP contribution is -2.25. The fourth-order valence-electron chi connectivity index (χ4n) is 4.12. The first-order valence-electron chi connectivity index (χ1n) is 8.71. The Kier molecular flexibility index (Phi) is 4.20. The summed E-state index contributed by atoms with van der Waals surface area (Å²) in [5.41, 5.74) is 2.58. The third kappa shape index (κ3) is 3.28. The highest BCUT2D eigenvalue weighted by molar-refractivity contribution is 5.84. The van der Waals surface area contributed by atoms with Crippen molar-refractivity contribution in [1.29, 1.82) is 0 Å². The summed E-state index contributed by atoms with van der Waals surface area (Å²) in [6.07, 6.45) is 7.20. The second-order valence-electron chi connectivity index (χ2n) is 6.95. The molecule has 124 valence electrons. The van der Waals surface area contributed by atoms with Crippen LogP contribution in [0.15, 0.2) is 47.6 Å². The second-order valence-corrected chi connectivity index (χ2v) is 6.95. The average molecular weight is 322 g/mol. The zero-order valence-corrected chi connectivity index (χ0v) is 13.7. The first-order valence-corrected chi connectivity index (χ1v) is 8.71. The summed E-state index contributed by atoms with van der Waals surface area (Å²) in [5.74, 6) is 2.69. The number of rotatable bonds is 5. The number of hydrazone groups is 1. The first kappa shape index (κ1) is 15.2. The molecule has 0 aliphatic heterocycles. The Balaban J connectivity index is 1.26. The van der Waals surface area contributed by atoms with Gasteiger partial charge < -0.3 is 4.74 Å². The van der Waals surface area contributed by atoms with Crippen LogP contribution < -0.4 is 10.2 Å². The molecule has 0 radical (unpaired) electrons. The lowest BCUT2D eigenvalue weighted by molar-refractivity contribution is -0.123. The van der Waals surface area contributed by atoms with E-state index >= 15 is 0 Å². The Morgan fingerprint density at radius 2 is 2.04 bits per heavy atom. The van der Waals surface area contributed by atoms with Gasteiger partial charge in [0.2, 0.25) is 0 Å². The van der Waals surface area contributed by atoms with Gasteiger partial charge in [-0.25, -0.2) is 5.43 Å². The van der Waals surface area contributed by atoms with Crippen molar-refractivity contribution in [3.05, 3.63) is 42.5 Å². The molecule has 4 rings (SSSR count). The smallest absolute Gasteiger partial charge is 0.277 e. The van der Waals surface area contributed by atoms with Gasteiger partial charge in [-0.3, -0.25) is 4.79 Å². The van der Waals surface area contributed by atoms with Gasteiger partial charge in [0.05, 0.1) is 0 Å². The molecule has 3 atom stereocenters. The molecule has 0 saturated heterocycles. The molecule has 1 amide bonds. The number of carbonyl (C=O) groups is 1. The standard InChI is InChI=1S/C20H22N2O2/c23-20(22-21-12-18-10-14-5-6-17(18)9-14)13-24-19-8-7-15-3-1-2-4-16(15)11-19/h1-4,7-8,11-12,14,17-18H,5-6,9-10,13H2,(H,22,23). The van der Waals surface area contributed by atoms with Crippen molar-refractivity contribution in [2.24, 2.45) is 22.9 Å². The van der Waals surface area contributed by atoms with Crippen molar-refractivity contribution < 1.29 is 9.53 Å². The Labute approximate surface area is 141 Å². The van der Waals surface area contributed by atoms with Gasteiger partial charge in [0.15, 0.2) is 6.61 Å². The second kappa shape index (κ2) is 6.63. The summed E-state index contributed by atoms with van der Waals surface area (Å²) in [4.78, 5) is 11.9. The molecule has 0 spiro atoms.